The van der Waals surface area contributed by atoms with E-state index in [9.17, 15) is 9.59 Å². The number of hydrogen-bond donors (Lipinski definition) is 1. The number of fused-ring (bicyclic) bond motifs is 2. The van der Waals surface area contributed by atoms with Crippen LogP contribution in [0.2, 0.25) is 0 Å². The Balaban J connectivity index is 1.61. The molecule has 2 atom stereocenters. The number of allylic oxidation sites excluding steroid dienone is 2. The molecule has 0 saturated heterocycles. The molecule has 122 valence electrons. The summed E-state index contributed by atoms with van der Waals surface area (Å²) in [4.78, 5) is 29.0. The highest BCUT2D eigenvalue weighted by molar-refractivity contribution is 6.03. The number of amides is 1. The summed E-state index contributed by atoms with van der Waals surface area (Å²) in [5, 5.41) is 3.85. The van der Waals surface area contributed by atoms with Crippen molar-refractivity contribution in [1.82, 2.24) is 10.3 Å². The first-order chi connectivity index (χ1) is 11.4. The van der Waals surface area contributed by atoms with Crippen molar-refractivity contribution in [2.75, 3.05) is 0 Å². The lowest BCUT2D eigenvalue weighted by Crippen LogP contribution is -2.24. The summed E-state index contributed by atoms with van der Waals surface area (Å²) in [6, 6.07) is 9.22. The van der Waals surface area contributed by atoms with Crippen LogP contribution in [-0.4, -0.2) is 16.7 Å². The van der Waals surface area contributed by atoms with E-state index >= 15 is 0 Å². The van der Waals surface area contributed by atoms with E-state index in [1.165, 1.54) is 0 Å². The summed E-state index contributed by atoms with van der Waals surface area (Å²) in [6.07, 6.45) is 2.35. The van der Waals surface area contributed by atoms with Crippen LogP contribution in [0.1, 0.15) is 37.6 Å². The zero-order valence-corrected chi connectivity index (χ0v) is 14.1. The number of pyridine rings is 1. The Hall–Kier alpha value is -2.49. The van der Waals surface area contributed by atoms with Gasteiger partial charge in [-0.05, 0) is 48.4 Å². The standard InChI is InChI=1S/C20H20N2O2/c1-11(17-16(23)10-14-18(17)20(14,2)3)22-19(24)13-6-7-15-12(9-13)5-4-8-21-15/h4-9,14,18H,10H2,1-3H3,(H,22,24)/t14-,18+/m1/s1. The van der Waals surface area contributed by atoms with E-state index < -0.39 is 0 Å². The number of nitrogens with one attached hydrogen (secondary N) is 1. The van der Waals surface area contributed by atoms with E-state index in [1.54, 1.807) is 12.3 Å². The van der Waals surface area contributed by atoms with Crippen LogP contribution in [0.15, 0.2) is 47.8 Å². The Labute approximate surface area is 141 Å². The van der Waals surface area contributed by atoms with Gasteiger partial charge in [-0.15, -0.1) is 0 Å². The molecule has 2 aromatic rings. The molecule has 1 aromatic heterocycles. The molecule has 24 heavy (non-hydrogen) atoms. The van der Waals surface area contributed by atoms with Crippen molar-refractivity contribution < 1.29 is 9.59 Å². The lowest BCUT2D eigenvalue weighted by molar-refractivity contribution is -0.115. The Bertz CT molecular complexity index is 911. The monoisotopic (exact) mass is 320 g/mol. The molecular weight excluding hydrogens is 300 g/mol. The fraction of sp³-hybridized carbons (Fsp3) is 0.350. The Kier molecular flexibility index (Phi) is 3.14. The second-order valence-electron chi connectivity index (χ2n) is 7.44. The van der Waals surface area contributed by atoms with Gasteiger partial charge in [0.25, 0.3) is 5.91 Å². The van der Waals surface area contributed by atoms with Crippen molar-refractivity contribution in [2.45, 2.75) is 27.2 Å². The van der Waals surface area contributed by atoms with E-state index in [1.807, 2.05) is 31.2 Å². The first kappa shape index (κ1) is 15.1. The van der Waals surface area contributed by atoms with E-state index in [0.29, 0.717) is 29.5 Å². The summed E-state index contributed by atoms with van der Waals surface area (Å²) in [5.74, 6) is 0.745. The van der Waals surface area contributed by atoms with E-state index in [-0.39, 0.29) is 17.1 Å². The maximum atomic E-state index is 12.6. The van der Waals surface area contributed by atoms with Gasteiger partial charge >= 0.3 is 0 Å². The van der Waals surface area contributed by atoms with Crippen LogP contribution in [0.25, 0.3) is 10.9 Å². The average Bonchev–Trinajstić information content (AvgIpc) is 2.91. The second kappa shape index (κ2) is 5.00. The highest BCUT2D eigenvalue weighted by Crippen LogP contribution is 2.68. The Morgan fingerprint density at radius 2 is 2.08 bits per heavy atom. The maximum absolute atomic E-state index is 12.6. The predicted octanol–water partition coefficient (Wildman–Crippen LogP) is 3.48. The molecule has 1 amide bonds. The molecule has 4 heteroatoms. The SMILES string of the molecule is CC(NC(=O)c1ccc2ncccc2c1)=C1C(=O)C[C@@H]2[C@@H]1C2(C)C. The number of carbonyl (C=O) groups excluding carboxylic acids is 2. The van der Waals surface area contributed by atoms with Crippen LogP contribution in [0, 0.1) is 17.3 Å². The summed E-state index contributed by atoms with van der Waals surface area (Å²) in [5.41, 5.74) is 3.14. The van der Waals surface area contributed by atoms with Crippen molar-refractivity contribution in [3.05, 3.63) is 53.4 Å². The molecule has 0 spiro atoms. The number of ketones is 1. The van der Waals surface area contributed by atoms with Crippen molar-refractivity contribution in [2.24, 2.45) is 17.3 Å². The third kappa shape index (κ3) is 2.17. The van der Waals surface area contributed by atoms with Crippen LogP contribution >= 0.6 is 0 Å². The number of rotatable bonds is 2. The minimum atomic E-state index is -0.180. The van der Waals surface area contributed by atoms with Gasteiger partial charge < -0.3 is 5.32 Å². The number of nitrogens with zero attached hydrogens (tertiary/aromatic N) is 1. The van der Waals surface area contributed by atoms with Crippen LogP contribution in [0.4, 0.5) is 0 Å². The van der Waals surface area contributed by atoms with Gasteiger partial charge in [0.15, 0.2) is 5.78 Å². The van der Waals surface area contributed by atoms with Crippen LogP contribution in [-0.2, 0) is 4.79 Å². The van der Waals surface area contributed by atoms with Gasteiger partial charge in [0.05, 0.1) is 5.52 Å². The van der Waals surface area contributed by atoms with Crippen molar-refractivity contribution >= 4 is 22.6 Å². The van der Waals surface area contributed by atoms with Gasteiger partial charge in [0.2, 0.25) is 0 Å². The Morgan fingerprint density at radius 3 is 2.83 bits per heavy atom. The largest absolute Gasteiger partial charge is 0.326 e. The number of carbonyl (C=O) groups is 2. The van der Waals surface area contributed by atoms with E-state index in [0.717, 1.165) is 16.5 Å². The van der Waals surface area contributed by atoms with Gasteiger partial charge in [0.1, 0.15) is 0 Å². The van der Waals surface area contributed by atoms with E-state index in [2.05, 4.69) is 24.1 Å². The van der Waals surface area contributed by atoms with Gasteiger partial charge in [-0.2, -0.15) is 0 Å². The zero-order valence-electron chi connectivity index (χ0n) is 14.1. The predicted molar refractivity (Wildman–Crippen MR) is 92.3 cm³/mol. The van der Waals surface area contributed by atoms with E-state index in [4.69, 9.17) is 0 Å². The lowest BCUT2D eigenvalue weighted by atomic mass is 9.95. The number of aromatic nitrogens is 1. The van der Waals surface area contributed by atoms with Gasteiger partial charge in [0, 0.05) is 34.8 Å². The molecule has 4 rings (SSSR count). The highest BCUT2D eigenvalue weighted by Gasteiger charge is 2.65. The molecule has 4 nitrogen and oxygen atoms in total. The normalized spacial score (nSPS) is 26.2. The molecular formula is C20H20N2O2. The third-order valence-electron chi connectivity index (χ3n) is 5.64. The first-order valence-electron chi connectivity index (χ1n) is 8.29. The highest BCUT2D eigenvalue weighted by atomic mass is 16.2. The minimum Gasteiger partial charge on any atom is -0.326 e. The minimum absolute atomic E-state index is 0.180. The molecule has 0 aliphatic heterocycles. The fourth-order valence-electron chi connectivity index (χ4n) is 4.15. The van der Waals surface area contributed by atoms with Crippen molar-refractivity contribution in [1.29, 1.82) is 0 Å². The molecule has 2 aliphatic carbocycles. The lowest BCUT2D eigenvalue weighted by Gasteiger charge is -2.14. The topological polar surface area (TPSA) is 59.1 Å². The third-order valence-corrected chi connectivity index (χ3v) is 5.64. The summed E-state index contributed by atoms with van der Waals surface area (Å²) < 4.78 is 0. The number of benzene rings is 1. The molecule has 0 unspecified atom stereocenters. The van der Waals surface area contributed by atoms with Crippen LogP contribution in [0.5, 0.6) is 0 Å². The molecule has 1 heterocycles. The molecule has 1 N–H and O–H groups in total. The maximum Gasteiger partial charge on any atom is 0.255 e. The average molecular weight is 320 g/mol. The smallest absolute Gasteiger partial charge is 0.255 e. The molecule has 0 radical (unpaired) electrons. The second-order valence-corrected chi connectivity index (χ2v) is 7.44. The summed E-state index contributed by atoms with van der Waals surface area (Å²) in [6.45, 7) is 6.23. The van der Waals surface area contributed by atoms with Crippen LogP contribution < -0.4 is 5.32 Å². The molecule has 1 aromatic carbocycles. The fourth-order valence-corrected chi connectivity index (χ4v) is 4.15. The molecule has 2 aliphatic rings. The van der Waals surface area contributed by atoms with Crippen molar-refractivity contribution in [3.63, 3.8) is 0 Å². The molecule has 2 saturated carbocycles. The first-order valence-corrected chi connectivity index (χ1v) is 8.29. The molecule has 2 fully saturated rings. The Morgan fingerprint density at radius 1 is 1.29 bits per heavy atom. The summed E-state index contributed by atoms with van der Waals surface area (Å²) in [7, 11) is 0. The molecule has 0 bridgehead atoms. The van der Waals surface area contributed by atoms with Gasteiger partial charge in [-0.1, -0.05) is 19.9 Å². The number of Topliss-reactive ketones (excluding diaryl/α,β-unsaturated/α-hetero) is 1. The zero-order chi connectivity index (χ0) is 17.1. The summed E-state index contributed by atoms with van der Waals surface area (Å²) >= 11 is 0. The van der Waals surface area contributed by atoms with Gasteiger partial charge in [-0.25, -0.2) is 0 Å². The quantitative estimate of drug-likeness (QED) is 0.862. The van der Waals surface area contributed by atoms with Crippen molar-refractivity contribution in [3.8, 4) is 0 Å². The van der Waals surface area contributed by atoms with Gasteiger partial charge in [-0.3, -0.25) is 14.6 Å². The van der Waals surface area contributed by atoms with Crippen LogP contribution in [0.3, 0.4) is 0 Å². The number of hydrogen-bond acceptors (Lipinski definition) is 3.